The Labute approximate surface area is 354 Å². The van der Waals surface area contributed by atoms with Gasteiger partial charge in [0.2, 0.25) is 0 Å². The molecule has 0 unspecified atom stereocenters. The van der Waals surface area contributed by atoms with Crippen molar-refractivity contribution in [2.45, 2.75) is 0 Å². The normalized spacial score (nSPS) is 11.9. The maximum absolute atomic E-state index is 5.04. The van der Waals surface area contributed by atoms with Gasteiger partial charge in [0.1, 0.15) is 0 Å². The van der Waals surface area contributed by atoms with Crippen LogP contribution in [0.5, 0.6) is 0 Å². The van der Waals surface area contributed by atoms with E-state index in [1.54, 1.807) is 0 Å². The van der Waals surface area contributed by atoms with Crippen LogP contribution < -0.4 is 9.97 Å². The van der Waals surface area contributed by atoms with E-state index in [0.717, 1.165) is 79.6 Å². The molecule has 0 saturated carbocycles. The predicted molar refractivity (Wildman–Crippen MR) is 216 cm³/mol. The van der Waals surface area contributed by atoms with Crippen LogP contribution in [0.3, 0.4) is 0 Å². The van der Waals surface area contributed by atoms with Crippen molar-refractivity contribution in [1.82, 2.24) is 39.9 Å². The molecule has 243 valence electrons. The Bertz CT molecular complexity index is 2430. The molecule has 0 N–H and O–H groups in total. The Morgan fingerprint density at radius 1 is 0.306 bits per heavy atom. The number of aromatic nitrogens is 8. The van der Waals surface area contributed by atoms with E-state index in [4.69, 9.17) is 39.9 Å². The van der Waals surface area contributed by atoms with Gasteiger partial charge in [-0.05, 0) is 198 Å². The quantitative estimate of drug-likeness (QED) is 0.138. The monoisotopic (exact) mass is 1200 g/mol. The first kappa shape index (κ1) is 34.7. The van der Waals surface area contributed by atoms with Gasteiger partial charge in [-0.25, -0.2) is 9.97 Å². The largest absolute Gasteiger partial charge is 2.00 e. The summed E-state index contributed by atoms with van der Waals surface area (Å²) in [6.45, 7) is 0. The zero-order valence-corrected chi connectivity index (χ0v) is 37.2. The van der Waals surface area contributed by atoms with Gasteiger partial charge in [0, 0.05) is 80.6 Å². The number of hydrogen-bond donors (Lipinski definition) is 0. The molecular formula is C32H8Br8CuN8. The molecule has 1 radical (unpaired) electrons. The first-order chi connectivity index (χ1) is 23.0. The van der Waals surface area contributed by atoms with Crippen molar-refractivity contribution < 1.29 is 17.1 Å². The molecule has 0 saturated heterocycles. The van der Waals surface area contributed by atoms with Crippen molar-refractivity contribution in [1.29, 1.82) is 0 Å². The van der Waals surface area contributed by atoms with Crippen LogP contribution in [0.2, 0.25) is 0 Å². The van der Waals surface area contributed by atoms with E-state index in [0.29, 0.717) is 45.9 Å². The van der Waals surface area contributed by atoms with Gasteiger partial charge in [0.25, 0.3) is 0 Å². The molecule has 3 aromatic heterocycles. The summed E-state index contributed by atoms with van der Waals surface area (Å²) in [5.41, 5.74) is 5.05. The van der Waals surface area contributed by atoms with Gasteiger partial charge >= 0.3 is 17.1 Å². The summed E-state index contributed by atoms with van der Waals surface area (Å²) in [5, 5.41) is 3.19. The minimum absolute atomic E-state index is 0. The molecule has 5 heterocycles. The first-order valence-corrected chi connectivity index (χ1v) is 20.1. The molecule has 17 heteroatoms. The summed E-state index contributed by atoms with van der Waals surface area (Å²) in [6, 6.07) is 15.8. The number of nitrogens with zero attached hydrogens (tertiary/aromatic N) is 8. The Hall–Kier alpha value is -1.40. The van der Waals surface area contributed by atoms with Gasteiger partial charge in [0.05, 0.1) is 23.3 Å². The molecule has 0 amide bonds. The van der Waals surface area contributed by atoms with Gasteiger partial charge in [-0.3, -0.25) is 0 Å². The fraction of sp³-hybridized carbons (Fsp3) is 0. The number of benzene rings is 4. The van der Waals surface area contributed by atoms with Crippen molar-refractivity contribution in [2.24, 2.45) is 0 Å². The topological polar surface area (TPSA) is 106 Å². The number of rotatable bonds is 0. The van der Waals surface area contributed by atoms with Gasteiger partial charge < -0.3 is 29.9 Å². The summed E-state index contributed by atoms with van der Waals surface area (Å²) in [7, 11) is 0. The van der Waals surface area contributed by atoms with E-state index in [1.807, 2.05) is 48.5 Å². The molecule has 0 spiro atoms. The minimum atomic E-state index is 0. The molecule has 9 rings (SSSR count). The van der Waals surface area contributed by atoms with Crippen LogP contribution in [0, 0.1) is 0 Å². The van der Waals surface area contributed by atoms with Crippen molar-refractivity contribution in [3.05, 3.63) is 84.3 Å². The van der Waals surface area contributed by atoms with E-state index in [-0.39, 0.29) is 17.1 Å². The van der Waals surface area contributed by atoms with Crippen LogP contribution in [0.15, 0.2) is 84.3 Å². The SMILES string of the molecule is Brc1cc2c(cc1Br)-c1nc-2nc2[n-]c(nc3nc(nc4[n-]c(n1)c1cc(Br)c(Br)cc41)-c1cc(Br)c(Br)cc1-3)c1cc(Br)c(Br)cc21.[Cu+2]. The first-order valence-electron chi connectivity index (χ1n) is 13.7. The van der Waals surface area contributed by atoms with Gasteiger partial charge in [0.15, 0.2) is 0 Å². The van der Waals surface area contributed by atoms with Crippen LogP contribution in [0.25, 0.3) is 89.7 Å². The van der Waals surface area contributed by atoms with Crippen molar-refractivity contribution in [3.8, 4) is 45.6 Å². The summed E-state index contributed by atoms with van der Waals surface area (Å²) in [6.07, 6.45) is 0. The molecule has 0 aliphatic carbocycles. The van der Waals surface area contributed by atoms with E-state index in [2.05, 4.69) is 127 Å². The van der Waals surface area contributed by atoms with Crippen LogP contribution in [0.1, 0.15) is 0 Å². The molecular weight excluding hydrogens is 1200 g/mol. The second kappa shape index (κ2) is 12.9. The van der Waals surface area contributed by atoms with Gasteiger partial charge in [-0.1, -0.05) is 0 Å². The average Bonchev–Trinajstić information content (AvgIpc) is 3.74. The molecule has 2 aliphatic heterocycles. The molecule has 0 fully saturated rings. The second-order valence-corrected chi connectivity index (χ2v) is 17.6. The molecule has 49 heavy (non-hydrogen) atoms. The number of hydrogen-bond acceptors (Lipinski definition) is 6. The maximum Gasteiger partial charge on any atom is 2.00 e. The Morgan fingerprint density at radius 3 is 0.735 bits per heavy atom. The number of halogens is 8. The third-order valence-electron chi connectivity index (χ3n) is 7.86. The predicted octanol–water partition coefficient (Wildman–Crippen LogP) is 12.2. The molecule has 8 bridgehead atoms. The minimum Gasteiger partial charge on any atom is -0.357 e. The fourth-order valence-corrected chi connectivity index (χ4v) is 8.38. The van der Waals surface area contributed by atoms with Crippen LogP contribution in [-0.4, -0.2) is 29.9 Å². The van der Waals surface area contributed by atoms with Gasteiger partial charge in [-0.2, -0.15) is 0 Å². The molecule has 4 aromatic carbocycles. The Morgan fingerprint density at radius 2 is 0.510 bits per heavy atom. The third-order valence-corrected chi connectivity index (χ3v) is 15.2. The van der Waals surface area contributed by atoms with Crippen molar-refractivity contribution in [2.75, 3.05) is 0 Å². The third kappa shape index (κ3) is 5.78. The van der Waals surface area contributed by atoms with Crippen LogP contribution in [0.4, 0.5) is 0 Å². The standard InChI is InChI=1S/C32H8Br8N8.Cu/c33-17-1-9-10(2-18(17)34)26-41-25(9)45-27-11-3-19(35)20(36)4-12(11)29(42-27)47-31-15-7-23(39)24(40)8-16(15)32(44-31)48-30-14-6-22(38)21(37)5-13(14)28(43-30)46-26;/h1-8H;/q-2;+2. The van der Waals surface area contributed by atoms with E-state index < -0.39 is 0 Å². The summed E-state index contributed by atoms with van der Waals surface area (Å²) in [5.74, 6) is 1.86. The Balaban J connectivity index is 0.00000348. The second-order valence-electron chi connectivity index (χ2n) is 10.7. The smallest absolute Gasteiger partial charge is 0.357 e. The number of fused-ring (bicyclic) bond motifs is 20. The fourth-order valence-electron chi connectivity index (χ4n) is 5.63. The van der Waals surface area contributed by atoms with Crippen LogP contribution >= 0.6 is 127 Å². The Kier molecular flexibility index (Phi) is 9.14. The summed E-state index contributed by atoms with van der Waals surface area (Å²) in [4.78, 5) is 40.0. The van der Waals surface area contributed by atoms with Crippen LogP contribution in [-0.2, 0) is 17.1 Å². The summed E-state index contributed by atoms with van der Waals surface area (Å²) < 4.78 is 6.84. The molecule has 8 nitrogen and oxygen atoms in total. The molecule has 7 aromatic rings. The van der Waals surface area contributed by atoms with E-state index in [9.17, 15) is 0 Å². The van der Waals surface area contributed by atoms with E-state index in [1.165, 1.54) is 0 Å². The average molecular weight is 1210 g/mol. The van der Waals surface area contributed by atoms with E-state index >= 15 is 0 Å². The van der Waals surface area contributed by atoms with Gasteiger partial charge in [-0.15, -0.1) is 0 Å². The van der Waals surface area contributed by atoms with Crippen molar-refractivity contribution in [3.63, 3.8) is 0 Å². The molecule has 2 aliphatic rings. The maximum atomic E-state index is 5.04. The molecule has 0 atom stereocenters. The zero-order chi connectivity index (χ0) is 33.2. The van der Waals surface area contributed by atoms with Crippen molar-refractivity contribution >= 4 is 172 Å². The zero-order valence-electron chi connectivity index (χ0n) is 23.5. The summed E-state index contributed by atoms with van der Waals surface area (Å²) >= 11 is 29.3.